The smallest absolute Gasteiger partial charge is 0.309 e. The zero-order valence-electron chi connectivity index (χ0n) is 20.2. The van der Waals surface area contributed by atoms with E-state index in [2.05, 4.69) is 0 Å². The number of anilines is 1. The van der Waals surface area contributed by atoms with Gasteiger partial charge in [0, 0.05) is 11.3 Å². The van der Waals surface area contributed by atoms with E-state index in [0.717, 1.165) is 5.56 Å². The first-order valence-corrected chi connectivity index (χ1v) is 12.0. The Kier molecular flexibility index (Phi) is 7.57. The topological polar surface area (TPSA) is 93.1 Å². The van der Waals surface area contributed by atoms with Gasteiger partial charge >= 0.3 is 5.97 Å². The number of hydrogen-bond acceptors (Lipinski definition) is 6. The second kappa shape index (κ2) is 10.7. The Balaban J connectivity index is 1.88. The number of carbonyl (C=O) groups is 3. The first-order valence-electron chi connectivity index (χ1n) is 11.2. The van der Waals surface area contributed by atoms with E-state index in [1.165, 1.54) is 31.3 Å². The van der Waals surface area contributed by atoms with Gasteiger partial charge in [-0.25, -0.2) is 0 Å². The highest BCUT2D eigenvalue weighted by Crippen LogP contribution is 2.44. The van der Waals surface area contributed by atoms with Crippen molar-refractivity contribution in [2.24, 2.45) is 0 Å². The van der Waals surface area contributed by atoms with Crippen LogP contribution in [0.5, 0.6) is 5.75 Å². The number of aliphatic hydroxyl groups excluding tert-OH is 1. The number of benzene rings is 3. The predicted octanol–water partition coefficient (Wildman–Crippen LogP) is 5.65. The normalized spacial score (nSPS) is 16.7. The molecule has 1 amide bonds. The summed E-state index contributed by atoms with van der Waals surface area (Å²) < 4.78 is 9.88. The summed E-state index contributed by atoms with van der Waals surface area (Å²) in [6, 6.07) is 15.9. The quantitative estimate of drug-likeness (QED) is 0.188. The second-order valence-electron chi connectivity index (χ2n) is 8.48. The van der Waals surface area contributed by atoms with Gasteiger partial charge in [0.05, 0.1) is 42.3 Å². The molecular weight excluding hydrogens is 517 g/mol. The number of carbonyl (C=O) groups excluding carboxylic acids is 3. The van der Waals surface area contributed by atoms with Crippen molar-refractivity contribution in [3.8, 4) is 5.75 Å². The van der Waals surface area contributed by atoms with Crippen molar-refractivity contribution in [2.75, 3.05) is 19.1 Å². The Bertz CT molecular complexity index is 1410. The van der Waals surface area contributed by atoms with Crippen LogP contribution in [0.1, 0.15) is 28.3 Å². The molecule has 1 N–H and O–H groups in total. The van der Waals surface area contributed by atoms with Gasteiger partial charge in [-0.3, -0.25) is 19.3 Å². The number of methoxy groups -OCH3 is 2. The van der Waals surface area contributed by atoms with Gasteiger partial charge in [0.15, 0.2) is 5.75 Å². The first kappa shape index (κ1) is 26.3. The van der Waals surface area contributed by atoms with Gasteiger partial charge < -0.3 is 14.6 Å². The monoisotopic (exact) mass is 539 g/mol. The van der Waals surface area contributed by atoms with E-state index < -0.39 is 29.5 Å². The molecule has 1 unspecified atom stereocenters. The van der Waals surface area contributed by atoms with Crippen molar-refractivity contribution < 1.29 is 29.0 Å². The number of amides is 1. The molecule has 1 aliphatic rings. The van der Waals surface area contributed by atoms with Crippen LogP contribution in [0.2, 0.25) is 10.0 Å². The standard InChI is InChI=1S/C28H23Cl2NO6/c1-15-5-4-6-17(11-15)24-23(25(33)18-13-20(29)27(37-3)21(30)14-18)26(34)28(35)31(24)19-9-7-16(8-10-19)12-22(32)36-2/h4-11,13-14,24,33H,12H2,1-3H3/b25-23+. The maximum absolute atomic E-state index is 13.4. The van der Waals surface area contributed by atoms with Crippen molar-refractivity contribution >= 4 is 52.3 Å². The minimum atomic E-state index is -0.925. The first-order chi connectivity index (χ1) is 17.7. The van der Waals surface area contributed by atoms with Crippen LogP contribution in [0.4, 0.5) is 5.69 Å². The molecule has 37 heavy (non-hydrogen) atoms. The van der Waals surface area contributed by atoms with Crippen molar-refractivity contribution in [2.45, 2.75) is 19.4 Å². The predicted molar refractivity (Wildman–Crippen MR) is 141 cm³/mol. The Morgan fingerprint density at radius 1 is 1.00 bits per heavy atom. The summed E-state index contributed by atoms with van der Waals surface area (Å²) in [5.74, 6) is -2.25. The van der Waals surface area contributed by atoms with Gasteiger partial charge in [-0.1, -0.05) is 65.2 Å². The average Bonchev–Trinajstić information content (AvgIpc) is 3.14. The van der Waals surface area contributed by atoms with Gasteiger partial charge in [0.25, 0.3) is 11.7 Å². The van der Waals surface area contributed by atoms with Crippen molar-refractivity contribution in [3.05, 3.63) is 98.5 Å². The fourth-order valence-corrected chi connectivity index (χ4v) is 4.96. The molecule has 4 rings (SSSR count). The summed E-state index contributed by atoms with van der Waals surface area (Å²) in [7, 11) is 2.72. The van der Waals surface area contributed by atoms with E-state index in [9.17, 15) is 19.5 Å². The zero-order valence-corrected chi connectivity index (χ0v) is 21.8. The molecule has 1 saturated heterocycles. The Labute approximate surface area is 223 Å². The number of halogens is 2. The molecule has 1 fully saturated rings. The molecule has 3 aromatic rings. The fraction of sp³-hybridized carbons (Fsp3) is 0.179. The van der Waals surface area contributed by atoms with Crippen molar-refractivity contribution in [1.29, 1.82) is 0 Å². The van der Waals surface area contributed by atoms with E-state index >= 15 is 0 Å². The molecule has 0 saturated carbocycles. The SMILES string of the molecule is COC(=O)Cc1ccc(N2C(=O)C(=O)/C(=C(/O)c3cc(Cl)c(OC)c(Cl)c3)C2c2cccc(C)c2)cc1. The van der Waals surface area contributed by atoms with Gasteiger partial charge in [-0.2, -0.15) is 0 Å². The number of aliphatic hydroxyl groups is 1. The number of Topliss-reactive ketones (excluding diaryl/α,β-unsaturated/α-hetero) is 1. The minimum Gasteiger partial charge on any atom is -0.507 e. The lowest BCUT2D eigenvalue weighted by Crippen LogP contribution is -2.29. The number of nitrogens with zero attached hydrogens (tertiary/aromatic N) is 1. The van der Waals surface area contributed by atoms with E-state index in [4.69, 9.17) is 32.7 Å². The van der Waals surface area contributed by atoms with Crippen LogP contribution < -0.4 is 9.64 Å². The maximum atomic E-state index is 13.4. The number of ether oxygens (including phenoxy) is 2. The number of ketones is 1. The van der Waals surface area contributed by atoms with Crippen LogP contribution in [-0.2, 0) is 25.5 Å². The third kappa shape index (κ3) is 5.05. The zero-order chi connectivity index (χ0) is 26.9. The molecule has 9 heteroatoms. The van der Waals surface area contributed by atoms with Crippen LogP contribution in [0.25, 0.3) is 5.76 Å². The lowest BCUT2D eigenvalue weighted by molar-refractivity contribution is -0.139. The number of rotatable bonds is 6. The third-order valence-corrected chi connectivity index (χ3v) is 6.63. The third-order valence-electron chi connectivity index (χ3n) is 6.07. The van der Waals surface area contributed by atoms with Crippen LogP contribution in [0, 0.1) is 6.92 Å². The maximum Gasteiger partial charge on any atom is 0.309 e. The van der Waals surface area contributed by atoms with Gasteiger partial charge in [-0.15, -0.1) is 0 Å². The minimum absolute atomic E-state index is 0.0654. The number of aryl methyl sites for hydroxylation is 1. The van der Waals surface area contributed by atoms with E-state index in [1.54, 1.807) is 30.3 Å². The van der Waals surface area contributed by atoms with E-state index in [1.807, 2.05) is 25.1 Å². The average molecular weight is 540 g/mol. The lowest BCUT2D eigenvalue weighted by atomic mass is 9.94. The Hall–Kier alpha value is -3.81. The molecule has 1 atom stereocenters. The lowest BCUT2D eigenvalue weighted by Gasteiger charge is -2.26. The number of esters is 1. The highest BCUT2D eigenvalue weighted by Gasteiger charge is 2.47. The molecule has 190 valence electrons. The van der Waals surface area contributed by atoms with E-state index in [0.29, 0.717) is 16.8 Å². The molecule has 0 bridgehead atoms. The van der Waals surface area contributed by atoms with Crippen LogP contribution >= 0.6 is 23.2 Å². The van der Waals surface area contributed by atoms with E-state index in [-0.39, 0.29) is 33.4 Å². The van der Waals surface area contributed by atoms with Crippen LogP contribution in [-0.4, -0.2) is 37.0 Å². The highest BCUT2D eigenvalue weighted by molar-refractivity contribution is 6.51. The summed E-state index contributed by atoms with van der Waals surface area (Å²) in [5, 5.41) is 11.6. The highest BCUT2D eigenvalue weighted by atomic mass is 35.5. The van der Waals surface area contributed by atoms with Gasteiger partial charge in [0.2, 0.25) is 0 Å². The Morgan fingerprint density at radius 2 is 1.65 bits per heavy atom. The molecular formula is C28H23Cl2NO6. The number of hydrogen-bond donors (Lipinski definition) is 1. The summed E-state index contributed by atoms with van der Waals surface area (Å²) in [4.78, 5) is 39.7. The molecule has 1 heterocycles. The van der Waals surface area contributed by atoms with Gasteiger partial charge in [-0.05, 0) is 42.3 Å². The second-order valence-corrected chi connectivity index (χ2v) is 9.29. The summed E-state index contributed by atoms with van der Waals surface area (Å²) in [6.45, 7) is 1.89. The molecule has 3 aromatic carbocycles. The molecule has 0 aromatic heterocycles. The molecule has 1 aliphatic heterocycles. The van der Waals surface area contributed by atoms with Crippen molar-refractivity contribution in [3.63, 3.8) is 0 Å². The van der Waals surface area contributed by atoms with Gasteiger partial charge in [0.1, 0.15) is 5.76 Å². The fourth-order valence-electron chi connectivity index (χ4n) is 4.31. The molecule has 0 radical (unpaired) electrons. The van der Waals surface area contributed by atoms with Crippen LogP contribution in [0.15, 0.2) is 66.2 Å². The molecule has 0 spiro atoms. The van der Waals surface area contributed by atoms with Crippen LogP contribution in [0.3, 0.4) is 0 Å². The summed E-state index contributed by atoms with van der Waals surface area (Å²) in [5.41, 5.74) is 2.71. The van der Waals surface area contributed by atoms with Crippen molar-refractivity contribution in [1.82, 2.24) is 0 Å². The largest absolute Gasteiger partial charge is 0.507 e. The summed E-state index contributed by atoms with van der Waals surface area (Å²) >= 11 is 12.5. The summed E-state index contributed by atoms with van der Waals surface area (Å²) in [6.07, 6.45) is 0.0654. The molecule has 0 aliphatic carbocycles. The molecule has 7 nitrogen and oxygen atoms in total. The Morgan fingerprint density at radius 3 is 2.22 bits per heavy atom.